The van der Waals surface area contributed by atoms with Crippen LogP contribution < -0.4 is 5.73 Å². The second-order valence-corrected chi connectivity index (χ2v) is 3.83. The molecule has 1 saturated carbocycles. The molecular formula is C11H16N2. The number of hydrogen-bond donors (Lipinski definition) is 1. The summed E-state index contributed by atoms with van der Waals surface area (Å²) < 4.78 is 0. The molecule has 13 heavy (non-hydrogen) atoms. The molecular weight excluding hydrogens is 160 g/mol. The van der Waals surface area contributed by atoms with E-state index in [9.17, 15) is 0 Å². The van der Waals surface area contributed by atoms with E-state index in [1.807, 2.05) is 6.07 Å². The zero-order chi connectivity index (χ0) is 9.26. The summed E-state index contributed by atoms with van der Waals surface area (Å²) in [7, 11) is 0. The summed E-state index contributed by atoms with van der Waals surface area (Å²) in [5, 5.41) is 0. The molecule has 0 saturated heterocycles. The lowest BCUT2D eigenvalue weighted by Crippen LogP contribution is -2.05. The van der Waals surface area contributed by atoms with Crippen molar-refractivity contribution in [2.75, 3.05) is 5.73 Å². The van der Waals surface area contributed by atoms with Gasteiger partial charge in [0.2, 0.25) is 0 Å². The van der Waals surface area contributed by atoms with Crippen molar-refractivity contribution in [1.29, 1.82) is 0 Å². The minimum atomic E-state index is 0.647. The number of pyridine rings is 1. The van der Waals surface area contributed by atoms with E-state index in [0.29, 0.717) is 5.92 Å². The maximum absolute atomic E-state index is 5.85. The van der Waals surface area contributed by atoms with E-state index in [1.165, 1.54) is 24.8 Å². The Morgan fingerprint density at radius 2 is 2.38 bits per heavy atom. The van der Waals surface area contributed by atoms with Crippen LogP contribution in [0.5, 0.6) is 0 Å². The third-order valence-corrected chi connectivity index (χ3v) is 2.90. The highest BCUT2D eigenvalue weighted by molar-refractivity contribution is 5.41. The Labute approximate surface area is 79.2 Å². The number of aromatic nitrogens is 1. The molecule has 2 rings (SSSR count). The van der Waals surface area contributed by atoms with Crippen molar-refractivity contribution in [1.82, 2.24) is 4.98 Å². The Morgan fingerprint density at radius 1 is 1.62 bits per heavy atom. The van der Waals surface area contributed by atoms with Gasteiger partial charge in [-0.2, -0.15) is 0 Å². The van der Waals surface area contributed by atoms with Gasteiger partial charge in [-0.05, 0) is 42.7 Å². The highest BCUT2D eigenvalue weighted by Gasteiger charge is 2.31. The van der Waals surface area contributed by atoms with E-state index in [1.54, 1.807) is 6.20 Å². The maximum Gasteiger partial charge on any atom is 0.126 e. The van der Waals surface area contributed by atoms with Crippen molar-refractivity contribution >= 4 is 5.82 Å². The van der Waals surface area contributed by atoms with Gasteiger partial charge in [-0.25, -0.2) is 4.98 Å². The van der Waals surface area contributed by atoms with Crippen LogP contribution in [0.3, 0.4) is 0 Å². The van der Waals surface area contributed by atoms with Crippen LogP contribution in [-0.4, -0.2) is 4.98 Å². The van der Waals surface area contributed by atoms with E-state index in [4.69, 9.17) is 5.73 Å². The molecule has 0 spiro atoms. The summed E-state index contributed by atoms with van der Waals surface area (Å²) in [6, 6.07) is 4.10. The zero-order valence-electron chi connectivity index (χ0n) is 8.03. The third kappa shape index (κ3) is 1.67. The molecule has 1 heterocycles. The van der Waals surface area contributed by atoms with Crippen LogP contribution >= 0.6 is 0 Å². The third-order valence-electron chi connectivity index (χ3n) is 2.90. The van der Waals surface area contributed by atoms with Gasteiger partial charge in [0.05, 0.1) is 0 Å². The normalized spacial score (nSPS) is 18.5. The summed E-state index contributed by atoms with van der Waals surface area (Å²) in [6.45, 7) is 2.23. The fourth-order valence-corrected chi connectivity index (χ4v) is 2.05. The molecule has 2 nitrogen and oxygen atoms in total. The molecule has 0 radical (unpaired) electrons. The van der Waals surface area contributed by atoms with Gasteiger partial charge in [-0.1, -0.05) is 13.0 Å². The van der Waals surface area contributed by atoms with Gasteiger partial charge >= 0.3 is 0 Å². The monoisotopic (exact) mass is 176 g/mol. The van der Waals surface area contributed by atoms with Crippen molar-refractivity contribution in [3.8, 4) is 0 Å². The van der Waals surface area contributed by atoms with Crippen LogP contribution in [0.25, 0.3) is 0 Å². The fraction of sp³-hybridized carbons (Fsp3) is 0.545. The Bertz CT molecular complexity index is 292. The molecule has 1 aliphatic rings. The van der Waals surface area contributed by atoms with E-state index in [2.05, 4.69) is 18.0 Å². The molecule has 1 atom stereocenters. The maximum atomic E-state index is 5.85. The number of hydrogen-bond acceptors (Lipinski definition) is 2. The molecule has 1 aromatic rings. The Hall–Kier alpha value is -1.05. The second-order valence-electron chi connectivity index (χ2n) is 3.83. The van der Waals surface area contributed by atoms with E-state index >= 15 is 0 Å². The smallest absolute Gasteiger partial charge is 0.126 e. The molecule has 2 heteroatoms. The molecule has 1 fully saturated rings. The molecule has 70 valence electrons. The standard InChI is InChI=1S/C11H16N2/c1-2-9(8-5-6-8)10-4-3-7-13-11(10)12/h3-4,7-9H,2,5-6H2,1H3,(H2,12,13). The lowest BCUT2D eigenvalue weighted by molar-refractivity contribution is 0.587. The summed E-state index contributed by atoms with van der Waals surface area (Å²) in [4.78, 5) is 4.14. The number of nitrogen functional groups attached to an aromatic ring is 1. The van der Waals surface area contributed by atoms with Crippen LogP contribution in [0.2, 0.25) is 0 Å². The van der Waals surface area contributed by atoms with Gasteiger partial charge < -0.3 is 5.73 Å². The van der Waals surface area contributed by atoms with E-state index in [0.717, 1.165) is 11.7 Å². The Kier molecular flexibility index (Phi) is 2.21. The predicted molar refractivity (Wildman–Crippen MR) is 54.4 cm³/mol. The predicted octanol–water partition coefficient (Wildman–Crippen LogP) is 2.57. The van der Waals surface area contributed by atoms with Gasteiger partial charge in [0.15, 0.2) is 0 Å². The molecule has 1 aromatic heterocycles. The topological polar surface area (TPSA) is 38.9 Å². The summed E-state index contributed by atoms with van der Waals surface area (Å²) >= 11 is 0. The number of rotatable bonds is 3. The first-order chi connectivity index (χ1) is 6.33. The minimum Gasteiger partial charge on any atom is -0.383 e. The second kappa shape index (κ2) is 3.36. The van der Waals surface area contributed by atoms with Crippen molar-refractivity contribution in [3.63, 3.8) is 0 Å². The fourth-order valence-electron chi connectivity index (χ4n) is 2.05. The highest BCUT2D eigenvalue weighted by atomic mass is 14.8. The van der Waals surface area contributed by atoms with Crippen LogP contribution in [0, 0.1) is 5.92 Å². The molecule has 2 N–H and O–H groups in total. The van der Waals surface area contributed by atoms with E-state index < -0.39 is 0 Å². The van der Waals surface area contributed by atoms with Crippen molar-refractivity contribution in [2.45, 2.75) is 32.1 Å². The molecule has 1 aliphatic carbocycles. The zero-order valence-corrected chi connectivity index (χ0v) is 8.03. The first-order valence-corrected chi connectivity index (χ1v) is 5.03. The van der Waals surface area contributed by atoms with Gasteiger partial charge in [-0.15, -0.1) is 0 Å². The van der Waals surface area contributed by atoms with Crippen LogP contribution in [-0.2, 0) is 0 Å². The van der Waals surface area contributed by atoms with Crippen LogP contribution in [0.1, 0.15) is 37.7 Å². The van der Waals surface area contributed by atoms with Gasteiger partial charge in [-0.3, -0.25) is 0 Å². The lowest BCUT2D eigenvalue weighted by Gasteiger charge is -2.15. The van der Waals surface area contributed by atoms with Crippen molar-refractivity contribution in [3.05, 3.63) is 23.9 Å². The molecule has 0 amide bonds. The Balaban J connectivity index is 2.26. The molecule has 0 aliphatic heterocycles. The van der Waals surface area contributed by atoms with Crippen LogP contribution in [0.4, 0.5) is 5.82 Å². The molecule has 0 bridgehead atoms. The number of nitrogens with zero attached hydrogens (tertiary/aromatic N) is 1. The van der Waals surface area contributed by atoms with Gasteiger partial charge in [0.1, 0.15) is 5.82 Å². The summed E-state index contributed by atoms with van der Waals surface area (Å²) in [5.74, 6) is 2.24. The summed E-state index contributed by atoms with van der Waals surface area (Å²) in [5.41, 5.74) is 7.11. The van der Waals surface area contributed by atoms with Gasteiger partial charge in [0, 0.05) is 6.20 Å². The average molecular weight is 176 g/mol. The van der Waals surface area contributed by atoms with Crippen molar-refractivity contribution < 1.29 is 0 Å². The number of anilines is 1. The quantitative estimate of drug-likeness (QED) is 0.768. The Morgan fingerprint density at radius 3 is 2.92 bits per heavy atom. The average Bonchev–Trinajstić information content (AvgIpc) is 2.93. The van der Waals surface area contributed by atoms with Gasteiger partial charge in [0.25, 0.3) is 0 Å². The first-order valence-electron chi connectivity index (χ1n) is 5.03. The lowest BCUT2D eigenvalue weighted by atomic mass is 9.92. The molecule has 1 unspecified atom stereocenters. The van der Waals surface area contributed by atoms with Crippen molar-refractivity contribution in [2.24, 2.45) is 5.92 Å². The highest BCUT2D eigenvalue weighted by Crippen LogP contribution is 2.45. The van der Waals surface area contributed by atoms with E-state index in [-0.39, 0.29) is 0 Å². The van der Waals surface area contributed by atoms with Crippen LogP contribution in [0.15, 0.2) is 18.3 Å². The summed E-state index contributed by atoms with van der Waals surface area (Å²) in [6.07, 6.45) is 5.68. The molecule has 0 aromatic carbocycles. The largest absolute Gasteiger partial charge is 0.383 e. The number of nitrogens with two attached hydrogens (primary N) is 1. The minimum absolute atomic E-state index is 0.647. The SMILES string of the molecule is CCC(c1cccnc1N)C1CC1. The first kappa shape index (κ1) is 8.54.